The summed E-state index contributed by atoms with van der Waals surface area (Å²) in [6, 6.07) is 21.7. The van der Waals surface area contributed by atoms with Crippen LogP contribution >= 0.6 is 0 Å². The van der Waals surface area contributed by atoms with E-state index in [0.717, 1.165) is 33.9 Å². The van der Waals surface area contributed by atoms with Crippen LogP contribution in [-0.4, -0.2) is 11.7 Å². The summed E-state index contributed by atoms with van der Waals surface area (Å²) in [5.41, 5.74) is 4.63. The highest BCUT2D eigenvalue weighted by atomic mass is 19.4. The van der Waals surface area contributed by atoms with Crippen molar-refractivity contribution in [2.24, 2.45) is 0 Å². The number of hydrogen-bond donors (Lipinski definition) is 0. The number of alkyl halides is 3. The second-order valence-corrected chi connectivity index (χ2v) is 8.42. The van der Waals surface area contributed by atoms with Gasteiger partial charge >= 0.3 is 6.18 Å². The van der Waals surface area contributed by atoms with Crippen LogP contribution in [0.5, 0.6) is 5.75 Å². The van der Waals surface area contributed by atoms with Crippen LogP contribution in [0, 0.1) is 0 Å². The molecular weight excluding hydrogens is 423 g/mol. The second-order valence-electron chi connectivity index (χ2n) is 8.42. The smallest absolute Gasteiger partial charge is 0.416 e. The maximum absolute atomic E-state index is 13.6. The van der Waals surface area contributed by atoms with Gasteiger partial charge in [-0.2, -0.15) is 13.2 Å². The standard InChI is InChI=1S/C28H26F3NO/c1-19(2)21-9-12-27(33-3)26(16-21)25-11-10-24(28(29,30)31)15-23(25)18-32-14-13-22(17-32)20-7-5-4-6-8-20/h4-17,19H,18H2,1-3H3. The number of halogens is 3. The number of rotatable bonds is 6. The van der Waals surface area contributed by atoms with Crippen molar-refractivity contribution in [1.29, 1.82) is 0 Å². The highest BCUT2D eigenvalue weighted by molar-refractivity contribution is 5.75. The van der Waals surface area contributed by atoms with Crippen LogP contribution < -0.4 is 4.74 Å². The van der Waals surface area contributed by atoms with Gasteiger partial charge in [0.1, 0.15) is 5.75 Å². The molecule has 5 heteroatoms. The zero-order valence-electron chi connectivity index (χ0n) is 18.9. The van der Waals surface area contributed by atoms with Crippen LogP contribution in [0.4, 0.5) is 13.2 Å². The molecule has 4 rings (SSSR count). The first-order valence-electron chi connectivity index (χ1n) is 10.9. The van der Waals surface area contributed by atoms with Crippen LogP contribution in [0.2, 0.25) is 0 Å². The molecule has 0 atom stereocenters. The highest BCUT2D eigenvalue weighted by Gasteiger charge is 2.31. The molecule has 0 aliphatic carbocycles. The van der Waals surface area contributed by atoms with E-state index in [1.807, 2.05) is 71.6 Å². The van der Waals surface area contributed by atoms with Crippen molar-refractivity contribution in [1.82, 2.24) is 4.57 Å². The molecule has 0 amide bonds. The summed E-state index contributed by atoms with van der Waals surface area (Å²) in [5, 5.41) is 0. The van der Waals surface area contributed by atoms with Gasteiger partial charge in [0.2, 0.25) is 0 Å². The molecule has 0 spiro atoms. The Morgan fingerprint density at radius 1 is 0.848 bits per heavy atom. The maximum Gasteiger partial charge on any atom is 0.416 e. The molecule has 33 heavy (non-hydrogen) atoms. The maximum atomic E-state index is 13.6. The van der Waals surface area contributed by atoms with E-state index in [0.29, 0.717) is 17.9 Å². The number of benzene rings is 3. The lowest BCUT2D eigenvalue weighted by molar-refractivity contribution is -0.137. The van der Waals surface area contributed by atoms with Crippen LogP contribution in [0.3, 0.4) is 0 Å². The quantitative estimate of drug-likeness (QED) is 0.291. The van der Waals surface area contributed by atoms with Crippen molar-refractivity contribution >= 4 is 0 Å². The van der Waals surface area contributed by atoms with E-state index in [2.05, 4.69) is 13.8 Å². The Labute approximate surface area is 192 Å². The van der Waals surface area contributed by atoms with Crippen molar-refractivity contribution in [2.75, 3.05) is 7.11 Å². The first-order chi connectivity index (χ1) is 15.8. The molecule has 0 bridgehead atoms. The van der Waals surface area contributed by atoms with Gasteiger partial charge in [0.05, 0.1) is 12.7 Å². The molecule has 3 aromatic carbocycles. The van der Waals surface area contributed by atoms with Crippen LogP contribution in [-0.2, 0) is 12.7 Å². The molecule has 0 N–H and O–H groups in total. The van der Waals surface area contributed by atoms with Gasteiger partial charge in [-0.1, -0.05) is 56.3 Å². The third-order valence-electron chi connectivity index (χ3n) is 5.82. The van der Waals surface area contributed by atoms with Crippen LogP contribution in [0.25, 0.3) is 22.3 Å². The summed E-state index contributed by atoms with van der Waals surface area (Å²) in [4.78, 5) is 0. The summed E-state index contributed by atoms with van der Waals surface area (Å²) < 4.78 is 48.1. The topological polar surface area (TPSA) is 14.2 Å². The molecule has 0 saturated carbocycles. The second kappa shape index (κ2) is 9.18. The molecule has 0 radical (unpaired) electrons. The average molecular weight is 450 g/mol. The monoisotopic (exact) mass is 449 g/mol. The molecular formula is C28H26F3NO. The Morgan fingerprint density at radius 2 is 1.61 bits per heavy atom. The normalized spacial score (nSPS) is 11.7. The van der Waals surface area contributed by atoms with E-state index in [-0.39, 0.29) is 5.92 Å². The van der Waals surface area contributed by atoms with Gasteiger partial charge in [-0.05, 0) is 64.1 Å². The van der Waals surface area contributed by atoms with Gasteiger partial charge in [-0.25, -0.2) is 0 Å². The van der Waals surface area contributed by atoms with E-state index < -0.39 is 11.7 Å². The molecule has 0 aliphatic heterocycles. The number of methoxy groups -OCH3 is 1. The van der Waals surface area contributed by atoms with Crippen molar-refractivity contribution in [3.05, 3.63) is 102 Å². The van der Waals surface area contributed by atoms with E-state index in [4.69, 9.17) is 4.74 Å². The first-order valence-corrected chi connectivity index (χ1v) is 10.9. The summed E-state index contributed by atoms with van der Waals surface area (Å²) in [7, 11) is 1.58. The van der Waals surface area contributed by atoms with Crippen molar-refractivity contribution in [2.45, 2.75) is 32.5 Å². The van der Waals surface area contributed by atoms with Crippen molar-refractivity contribution < 1.29 is 17.9 Å². The Kier molecular flexibility index (Phi) is 6.32. The SMILES string of the molecule is COc1ccc(C(C)C)cc1-c1ccc(C(F)(F)F)cc1Cn1ccc(-c2ccccc2)c1. The number of hydrogen-bond acceptors (Lipinski definition) is 1. The number of nitrogens with zero attached hydrogens (tertiary/aromatic N) is 1. The van der Waals surface area contributed by atoms with Gasteiger partial charge < -0.3 is 9.30 Å². The van der Waals surface area contributed by atoms with E-state index >= 15 is 0 Å². The minimum Gasteiger partial charge on any atom is -0.496 e. The Morgan fingerprint density at radius 3 is 2.27 bits per heavy atom. The fourth-order valence-corrected chi connectivity index (χ4v) is 4.00. The Balaban J connectivity index is 1.80. The molecule has 170 valence electrons. The highest BCUT2D eigenvalue weighted by Crippen LogP contribution is 2.38. The molecule has 0 saturated heterocycles. The zero-order chi connectivity index (χ0) is 23.6. The lowest BCUT2D eigenvalue weighted by Crippen LogP contribution is -2.08. The molecule has 0 unspecified atom stereocenters. The Bertz CT molecular complexity index is 1240. The minimum absolute atomic E-state index is 0.283. The summed E-state index contributed by atoms with van der Waals surface area (Å²) in [6.07, 6.45) is -0.557. The summed E-state index contributed by atoms with van der Waals surface area (Å²) in [6.45, 7) is 4.48. The molecule has 2 nitrogen and oxygen atoms in total. The lowest BCUT2D eigenvalue weighted by atomic mass is 9.92. The first kappa shape index (κ1) is 22.7. The lowest BCUT2D eigenvalue weighted by Gasteiger charge is -2.18. The largest absolute Gasteiger partial charge is 0.496 e. The van der Waals surface area contributed by atoms with Crippen LogP contribution in [0.1, 0.15) is 36.5 Å². The fraction of sp³-hybridized carbons (Fsp3) is 0.214. The van der Waals surface area contributed by atoms with Crippen molar-refractivity contribution in [3.8, 4) is 28.0 Å². The van der Waals surface area contributed by atoms with E-state index in [1.54, 1.807) is 13.2 Å². The number of aromatic nitrogens is 1. The van der Waals surface area contributed by atoms with Crippen molar-refractivity contribution in [3.63, 3.8) is 0 Å². The average Bonchev–Trinajstić information content (AvgIpc) is 3.27. The predicted octanol–water partition coefficient (Wildman–Crippen LogP) is 8.02. The van der Waals surface area contributed by atoms with Gasteiger partial charge in [-0.3, -0.25) is 0 Å². The van der Waals surface area contributed by atoms with Gasteiger partial charge in [0.25, 0.3) is 0 Å². The van der Waals surface area contributed by atoms with Gasteiger partial charge in [-0.15, -0.1) is 0 Å². The third kappa shape index (κ3) is 4.98. The minimum atomic E-state index is -4.41. The molecule has 1 aromatic heterocycles. The van der Waals surface area contributed by atoms with Crippen LogP contribution in [0.15, 0.2) is 85.2 Å². The molecule has 4 aromatic rings. The third-order valence-corrected chi connectivity index (χ3v) is 5.82. The fourth-order valence-electron chi connectivity index (χ4n) is 4.00. The predicted molar refractivity (Wildman–Crippen MR) is 126 cm³/mol. The summed E-state index contributed by atoms with van der Waals surface area (Å²) in [5.74, 6) is 0.920. The van der Waals surface area contributed by atoms with E-state index in [1.165, 1.54) is 6.07 Å². The molecule has 0 aliphatic rings. The summed E-state index contributed by atoms with van der Waals surface area (Å²) >= 11 is 0. The van der Waals surface area contributed by atoms with Gasteiger partial charge in [0.15, 0.2) is 0 Å². The molecule has 0 fully saturated rings. The van der Waals surface area contributed by atoms with E-state index in [9.17, 15) is 13.2 Å². The molecule has 1 heterocycles. The van der Waals surface area contributed by atoms with Gasteiger partial charge in [0, 0.05) is 24.5 Å². The Hall–Kier alpha value is -3.47. The number of ether oxygens (including phenoxy) is 1. The zero-order valence-corrected chi connectivity index (χ0v) is 18.9.